The van der Waals surface area contributed by atoms with E-state index in [1.807, 2.05) is 82.3 Å². The summed E-state index contributed by atoms with van der Waals surface area (Å²) in [6, 6.07) is 29.3. The van der Waals surface area contributed by atoms with Crippen LogP contribution in [0.2, 0.25) is 0 Å². The number of ether oxygens (including phenoxy) is 1. The van der Waals surface area contributed by atoms with E-state index in [0.717, 1.165) is 26.6 Å². The minimum atomic E-state index is -4.23. The summed E-state index contributed by atoms with van der Waals surface area (Å²) in [4.78, 5) is 29.9. The molecule has 4 rings (SSSR count). The number of benzene rings is 4. The third kappa shape index (κ3) is 8.51. The van der Waals surface area contributed by atoms with Gasteiger partial charge in [0.25, 0.3) is 10.0 Å². The fraction of sp³-hybridized carbons (Fsp3) is 0.278. The van der Waals surface area contributed by atoms with Crippen molar-refractivity contribution in [3.05, 3.63) is 125 Å². The first-order valence-corrected chi connectivity index (χ1v) is 16.4. The number of para-hydroxylation sites is 2. The molecule has 45 heavy (non-hydrogen) atoms. The third-order valence-corrected chi connectivity index (χ3v) is 9.19. The van der Waals surface area contributed by atoms with Crippen LogP contribution < -0.4 is 14.4 Å². The van der Waals surface area contributed by atoms with Gasteiger partial charge in [0.15, 0.2) is 0 Å². The van der Waals surface area contributed by atoms with Gasteiger partial charge in [-0.3, -0.25) is 13.9 Å². The molecule has 0 radical (unpaired) electrons. The summed E-state index contributed by atoms with van der Waals surface area (Å²) in [6.07, 6.45) is 0.246. The van der Waals surface area contributed by atoms with Crippen LogP contribution in [0.1, 0.15) is 36.1 Å². The normalized spacial score (nSPS) is 12.0. The van der Waals surface area contributed by atoms with Crippen LogP contribution in [-0.4, -0.2) is 50.9 Å². The number of carbonyl (C=O) groups excluding carboxylic acids is 2. The lowest BCUT2D eigenvalue weighted by Crippen LogP contribution is -2.54. The van der Waals surface area contributed by atoms with Gasteiger partial charge in [-0.05, 0) is 63.1 Å². The van der Waals surface area contributed by atoms with Crippen LogP contribution in [0.15, 0.2) is 108 Å². The average Bonchev–Trinajstić information content (AvgIpc) is 3.02. The number of rotatable bonds is 13. The van der Waals surface area contributed by atoms with Crippen molar-refractivity contribution < 1.29 is 22.7 Å². The predicted octanol–water partition coefficient (Wildman–Crippen LogP) is 5.67. The highest BCUT2D eigenvalue weighted by Gasteiger charge is 2.35. The zero-order valence-corrected chi connectivity index (χ0v) is 27.3. The van der Waals surface area contributed by atoms with Gasteiger partial charge in [0, 0.05) is 19.0 Å². The lowest BCUT2D eigenvalue weighted by molar-refractivity contribution is -0.140. The molecule has 4 aromatic carbocycles. The maximum absolute atomic E-state index is 14.6. The van der Waals surface area contributed by atoms with E-state index in [-0.39, 0.29) is 35.5 Å². The summed E-state index contributed by atoms with van der Waals surface area (Å²) in [5.74, 6) is -0.555. The molecule has 0 heterocycles. The number of hydrogen-bond donors (Lipinski definition) is 1. The standard InChI is InChI=1S/C36H41N3O5S/c1-26(2)37-36(41)33(23-29-11-7-6-8-12-29)38(24-30-19-15-27(3)16-20-30)35(40)25-39(32-13-9-10-14-34(32)44-5)45(42,43)31-21-17-28(4)18-22-31/h6-22,26,33H,23-25H2,1-5H3,(H,37,41). The molecule has 0 spiro atoms. The van der Waals surface area contributed by atoms with Crippen molar-refractivity contribution in [1.82, 2.24) is 10.2 Å². The SMILES string of the molecule is COc1ccccc1N(CC(=O)N(Cc1ccc(C)cc1)C(Cc1ccccc1)C(=O)NC(C)C)S(=O)(=O)c1ccc(C)cc1. The van der Waals surface area contributed by atoms with E-state index in [2.05, 4.69) is 5.32 Å². The number of nitrogens with one attached hydrogen (secondary N) is 1. The van der Waals surface area contributed by atoms with Gasteiger partial charge in [0.1, 0.15) is 18.3 Å². The van der Waals surface area contributed by atoms with Crippen LogP contribution in [0.3, 0.4) is 0 Å². The van der Waals surface area contributed by atoms with Crippen LogP contribution >= 0.6 is 0 Å². The molecule has 236 valence electrons. The highest BCUT2D eigenvalue weighted by molar-refractivity contribution is 7.92. The van der Waals surface area contributed by atoms with Gasteiger partial charge in [-0.15, -0.1) is 0 Å². The minimum Gasteiger partial charge on any atom is -0.495 e. The van der Waals surface area contributed by atoms with Crippen molar-refractivity contribution in [3.8, 4) is 5.75 Å². The van der Waals surface area contributed by atoms with Crippen molar-refractivity contribution in [2.45, 2.75) is 57.6 Å². The summed E-state index contributed by atoms with van der Waals surface area (Å²) >= 11 is 0. The largest absolute Gasteiger partial charge is 0.495 e. The summed E-state index contributed by atoms with van der Waals surface area (Å²) in [5.41, 5.74) is 3.86. The molecule has 4 aromatic rings. The van der Waals surface area contributed by atoms with Crippen LogP contribution in [-0.2, 0) is 32.6 Å². The van der Waals surface area contributed by atoms with Crippen molar-refractivity contribution in [1.29, 1.82) is 0 Å². The van der Waals surface area contributed by atoms with Crippen molar-refractivity contribution >= 4 is 27.5 Å². The quantitative estimate of drug-likeness (QED) is 0.206. The number of carbonyl (C=O) groups is 2. The number of nitrogens with zero attached hydrogens (tertiary/aromatic N) is 2. The number of hydrogen-bond acceptors (Lipinski definition) is 5. The number of sulfonamides is 1. The summed E-state index contributed by atoms with van der Waals surface area (Å²) in [5, 5.41) is 2.97. The van der Waals surface area contributed by atoms with Gasteiger partial charge in [-0.1, -0.05) is 90.0 Å². The molecule has 1 N–H and O–H groups in total. The molecule has 1 atom stereocenters. The maximum Gasteiger partial charge on any atom is 0.264 e. The van der Waals surface area contributed by atoms with Crippen molar-refractivity contribution in [2.24, 2.45) is 0 Å². The number of amides is 2. The van der Waals surface area contributed by atoms with E-state index in [4.69, 9.17) is 4.74 Å². The Balaban J connectivity index is 1.83. The topological polar surface area (TPSA) is 96.0 Å². The average molecular weight is 628 g/mol. The summed E-state index contributed by atoms with van der Waals surface area (Å²) < 4.78 is 35.1. The molecule has 0 fully saturated rings. The molecular weight excluding hydrogens is 586 g/mol. The van der Waals surface area contributed by atoms with E-state index in [0.29, 0.717) is 5.75 Å². The van der Waals surface area contributed by atoms with Gasteiger partial charge in [-0.25, -0.2) is 8.42 Å². The number of aryl methyl sites for hydroxylation is 2. The minimum absolute atomic E-state index is 0.0373. The van der Waals surface area contributed by atoms with Crippen molar-refractivity contribution in [2.75, 3.05) is 18.0 Å². The molecule has 0 bridgehead atoms. The molecule has 2 amide bonds. The first-order valence-electron chi connectivity index (χ1n) is 14.9. The molecule has 0 aromatic heterocycles. The summed E-state index contributed by atoms with van der Waals surface area (Å²) in [6.45, 7) is 7.12. The Morgan fingerprint density at radius 3 is 1.96 bits per heavy atom. The molecule has 8 nitrogen and oxygen atoms in total. The lowest BCUT2D eigenvalue weighted by Gasteiger charge is -2.34. The van der Waals surface area contributed by atoms with Crippen LogP contribution in [0.25, 0.3) is 0 Å². The van der Waals surface area contributed by atoms with Crippen LogP contribution in [0, 0.1) is 13.8 Å². The van der Waals surface area contributed by atoms with Crippen LogP contribution in [0.5, 0.6) is 5.75 Å². The molecule has 1 unspecified atom stereocenters. The van der Waals surface area contributed by atoms with E-state index >= 15 is 0 Å². The summed E-state index contributed by atoms with van der Waals surface area (Å²) in [7, 11) is -2.78. The Labute approximate surface area is 266 Å². The Morgan fingerprint density at radius 1 is 0.778 bits per heavy atom. The predicted molar refractivity (Wildman–Crippen MR) is 178 cm³/mol. The van der Waals surface area contributed by atoms with E-state index in [1.165, 1.54) is 24.1 Å². The van der Waals surface area contributed by atoms with Crippen molar-refractivity contribution in [3.63, 3.8) is 0 Å². The Kier molecular flexibility index (Phi) is 11.0. The molecule has 0 aliphatic carbocycles. The van der Waals surface area contributed by atoms with Gasteiger partial charge in [-0.2, -0.15) is 0 Å². The van der Waals surface area contributed by atoms with Gasteiger partial charge in [0.2, 0.25) is 11.8 Å². The molecule has 0 saturated carbocycles. The molecule has 0 aliphatic heterocycles. The fourth-order valence-corrected chi connectivity index (χ4v) is 6.44. The maximum atomic E-state index is 14.6. The van der Waals surface area contributed by atoms with Gasteiger partial charge < -0.3 is 15.0 Å². The third-order valence-electron chi connectivity index (χ3n) is 7.42. The van der Waals surface area contributed by atoms with E-state index in [9.17, 15) is 18.0 Å². The molecule has 0 aliphatic rings. The van der Waals surface area contributed by atoms with Crippen LogP contribution in [0.4, 0.5) is 5.69 Å². The monoisotopic (exact) mass is 627 g/mol. The number of anilines is 1. The zero-order chi connectivity index (χ0) is 32.6. The molecule has 9 heteroatoms. The Bertz CT molecular complexity index is 1690. The molecular formula is C36H41N3O5S. The Morgan fingerprint density at radius 2 is 1.36 bits per heavy atom. The zero-order valence-electron chi connectivity index (χ0n) is 26.4. The molecule has 0 saturated heterocycles. The second-order valence-corrected chi connectivity index (χ2v) is 13.2. The van der Waals surface area contributed by atoms with E-state index in [1.54, 1.807) is 36.4 Å². The highest BCUT2D eigenvalue weighted by Crippen LogP contribution is 2.32. The number of methoxy groups -OCH3 is 1. The van der Waals surface area contributed by atoms with Gasteiger partial charge >= 0.3 is 0 Å². The smallest absolute Gasteiger partial charge is 0.264 e. The fourth-order valence-electron chi connectivity index (χ4n) is 5.01. The second-order valence-electron chi connectivity index (χ2n) is 11.4. The van der Waals surface area contributed by atoms with E-state index < -0.39 is 28.5 Å². The first-order chi connectivity index (χ1) is 21.5. The lowest BCUT2D eigenvalue weighted by atomic mass is 10.0. The second kappa shape index (κ2) is 14.9. The first kappa shape index (κ1) is 33.3. The Hall–Kier alpha value is -4.63. The highest BCUT2D eigenvalue weighted by atomic mass is 32.2. The van der Waals surface area contributed by atoms with Gasteiger partial charge in [0.05, 0.1) is 17.7 Å².